The fourth-order valence-corrected chi connectivity index (χ4v) is 3.27. The van der Waals surface area contributed by atoms with Crippen LogP contribution in [0.4, 0.5) is 11.5 Å². The van der Waals surface area contributed by atoms with Gasteiger partial charge in [-0.2, -0.15) is 5.10 Å². The fraction of sp³-hybridized carbons (Fsp3) is 0.375. The van der Waals surface area contributed by atoms with E-state index in [1.807, 2.05) is 18.7 Å². The minimum absolute atomic E-state index is 0.0753. The van der Waals surface area contributed by atoms with Crippen LogP contribution in [0, 0.1) is 18.3 Å². The van der Waals surface area contributed by atoms with Gasteiger partial charge in [-0.1, -0.05) is 25.1 Å². The lowest BCUT2D eigenvalue weighted by molar-refractivity contribution is 0.553. The Kier molecular flexibility index (Phi) is 3.20. The predicted molar refractivity (Wildman–Crippen MR) is 85.3 cm³/mol. The molecule has 21 heavy (non-hydrogen) atoms. The van der Waals surface area contributed by atoms with Crippen LogP contribution in [0.25, 0.3) is 0 Å². The van der Waals surface area contributed by atoms with Crippen molar-refractivity contribution < 1.29 is 0 Å². The van der Waals surface area contributed by atoms with Crippen LogP contribution >= 0.6 is 0 Å². The number of nitrogen functional groups attached to an aromatic ring is 1. The Hall–Kier alpha value is -2.30. The number of amidine groups is 1. The molecule has 2 heterocycles. The number of nitrogens with one attached hydrogen (secondary N) is 1. The zero-order valence-electron chi connectivity index (χ0n) is 12.7. The molecule has 1 aromatic carbocycles. The first-order chi connectivity index (χ1) is 9.99. The van der Waals surface area contributed by atoms with E-state index in [1.165, 1.54) is 11.3 Å². The average molecular weight is 283 g/mol. The SMILES string of the molecule is Cc1nn(C)c(N2CC(C)Cc3ccccc32)c1C(=N)N. The summed E-state index contributed by atoms with van der Waals surface area (Å²) in [5.41, 5.74) is 9.87. The Balaban J connectivity index is 2.20. The zero-order valence-corrected chi connectivity index (χ0v) is 12.7. The fourth-order valence-electron chi connectivity index (χ4n) is 3.27. The van der Waals surface area contributed by atoms with Crippen LogP contribution in [-0.2, 0) is 13.5 Å². The van der Waals surface area contributed by atoms with Crippen LogP contribution in [0.15, 0.2) is 24.3 Å². The second kappa shape index (κ2) is 4.91. The molecule has 0 bridgehead atoms. The molecule has 0 radical (unpaired) electrons. The highest BCUT2D eigenvalue weighted by atomic mass is 15.4. The lowest BCUT2D eigenvalue weighted by Gasteiger charge is -2.35. The number of benzene rings is 1. The van der Waals surface area contributed by atoms with Gasteiger partial charge in [-0.3, -0.25) is 10.1 Å². The minimum Gasteiger partial charge on any atom is -0.384 e. The number of nitrogens with zero attached hydrogens (tertiary/aromatic N) is 3. The normalized spacial score (nSPS) is 17.7. The van der Waals surface area contributed by atoms with Gasteiger partial charge in [0.05, 0.1) is 11.3 Å². The van der Waals surface area contributed by atoms with E-state index in [0.717, 1.165) is 30.0 Å². The quantitative estimate of drug-likeness (QED) is 0.656. The van der Waals surface area contributed by atoms with Crippen LogP contribution in [-0.4, -0.2) is 22.2 Å². The molecule has 0 spiro atoms. The van der Waals surface area contributed by atoms with Gasteiger partial charge in [0.1, 0.15) is 11.7 Å². The van der Waals surface area contributed by atoms with E-state index in [9.17, 15) is 0 Å². The minimum atomic E-state index is 0.0753. The number of nitrogens with two attached hydrogens (primary N) is 1. The topological polar surface area (TPSA) is 70.9 Å². The maximum Gasteiger partial charge on any atom is 0.142 e. The summed E-state index contributed by atoms with van der Waals surface area (Å²) < 4.78 is 1.83. The van der Waals surface area contributed by atoms with E-state index >= 15 is 0 Å². The van der Waals surface area contributed by atoms with E-state index in [1.54, 1.807) is 0 Å². The number of anilines is 2. The largest absolute Gasteiger partial charge is 0.384 e. The van der Waals surface area contributed by atoms with Gasteiger partial charge in [0.15, 0.2) is 0 Å². The van der Waals surface area contributed by atoms with Crippen LogP contribution in [0.5, 0.6) is 0 Å². The number of fused-ring (bicyclic) bond motifs is 1. The molecule has 110 valence electrons. The molecule has 0 fully saturated rings. The lowest BCUT2D eigenvalue weighted by atomic mass is 9.93. The van der Waals surface area contributed by atoms with E-state index in [2.05, 4.69) is 41.2 Å². The van der Waals surface area contributed by atoms with Crippen LogP contribution in [0.1, 0.15) is 23.7 Å². The number of hydrogen-bond donors (Lipinski definition) is 2. The van der Waals surface area contributed by atoms with Gasteiger partial charge >= 0.3 is 0 Å². The molecule has 5 heteroatoms. The van der Waals surface area contributed by atoms with E-state index in [4.69, 9.17) is 11.1 Å². The van der Waals surface area contributed by atoms with Crippen LogP contribution in [0.3, 0.4) is 0 Å². The predicted octanol–water partition coefficient (Wildman–Crippen LogP) is 2.34. The van der Waals surface area contributed by atoms with Gasteiger partial charge in [-0.25, -0.2) is 0 Å². The second-order valence-electron chi connectivity index (χ2n) is 5.87. The van der Waals surface area contributed by atoms with Crippen LogP contribution in [0.2, 0.25) is 0 Å². The highest BCUT2D eigenvalue weighted by molar-refractivity contribution is 6.01. The van der Waals surface area contributed by atoms with Crippen molar-refractivity contribution in [2.24, 2.45) is 18.7 Å². The van der Waals surface area contributed by atoms with Crippen molar-refractivity contribution in [2.75, 3.05) is 11.4 Å². The lowest BCUT2D eigenvalue weighted by Crippen LogP contribution is -2.33. The van der Waals surface area contributed by atoms with Crippen molar-refractivity contribution in [3.8, 4) is 0 Å². The number of aryl methyl sites for hydroxylation is 2. The molecule has 5 nitrogen and oxygen atoms in total. The molecule has 0 saturated carbocycles. The summed E-state index contributed by atoms with van der Waals surface area (Å²) in [6, 6.07) is 8.44. The smallest absolute Gasteiger partial charge is 0.142 e. The molecule has 2 aromatic rings. The first-order valence-corrected chi connectivity index (χ1v) is 7.22. The molecule has 1 aliphatic rings. The molecule has 0 saturated heterocycles. The zero-order chi connectivity index (χ0) is 15.1. The van der Waals surface area contributed by atoms with Crippen molar-refractivity contribution in [1.29, 1.82) is 5.41 Å². The highest BCUT2D eigenvalue weighted by Gasteiger charge is 2.28. The molecule has 3 rings (SSSR count). The second-order valence-corrected chi connectivity index (χ2v) is 5.87. The maximum atomic E-state index is 7.88. The average Bonchev–Trinajstić information content (AvgIpc) is 2.72. The summed E-state index contributed by atoms with van der Waals surface area (Å²) in [5.74, 6) is 1.54. The van der Waals surface area contributed by atoms with Gasteiger partial charge in [-0.05, 0) is 30.9 Å². The van der Waals surface area contributed by atoms with Gasteiger partial charge in [0.25, 0.3) is 0 Å². The third-order valence-electron chi connectivity index (χ3n) is 4.06. The monoisotopic (exact) mass is 283 g/mol. The summed E-state index contributed by atoms with van der Waals surface area (Å²) in [7, 11) is 1.91. The van der Waals surface area contributed by atoms with E-state index < -0.39 is 0 Å². The maximum absolute atomic E-state index is 7.88. The van der Waals surface area contributed by atoms with Gasteiger partial charge < -0.3 is 10.6 Å². The summed E-state index contributed by atoms with van der Waals surface area (Å²) in [4.78, 5) is 2.25. The first kappa shape index (κ1) is 13.7. The third kappa shape index (κ3) is 2.18. The van der Waals surface area contributed by atoms with Crippen molar-refractivity contribution >= 4 is 17.3 Å². The number of rotatable bonds is 2. The summed E-state index contributed by atoms with van der Waals surface area (Å²) in [6.45, 7) is 5.06. The Morgan fingerprint density at radius 2 is 2.10 bits per heavy atom. The summed E-state index contributed by atoms with van der Waals surface area (Å²) in [5, 5.41) is 12.3. The molecule has 1 atom stereocenters. The van der Waals surface area contributed by atoms with Crippen molar-refractivity contribution in [3.63, 3.8) is 0 Å². The van der Waals surface area contributed by atoms with Crippen molar-refractivity contribution in [3.05, 3.63) is 41.1 Å². The molecule has 3 N–H and O–H groups in total. The number of para-hydroxylation sites is 1. The number of hydrogen-bond acceptors (Lipinski definition) is 3. The van der Waals surface area contributed by atoms with Gasteiger partial charge in [0.2, 0.25) is 0 Å². The van der Waals surface area contributed by atoms with Crippen molar-refractivity contribution in [1.82, 2.24) is 9.78 Å². The molecule has 1 aliphatic heterocycles. The molecule has 0 amide bonds. The Morgan fingerprint density at radius 3 is 2.81 bits per heavy atom. The molecule has 0 aliphatic carbocycles. The summed E-state index contributed by atoms with van der Waals surface area (Å²) in [6.07, 6.45) is 1.08. The third-order valence-corrected chi connectivity index (χ3v) is 4.06. The van der Waals surface area contributed by atoms with Gasteiger partial charge in [-0.15, -0.1) is 0 Å². The molecule has 1 aromatic heterocycles. The van der Waals surface area contributed by atoms with E-state index in [0.29, 0.717) is 5.92 Å². The molecular formula is C16H21N5. The Morgan fingerprint density at radius 1 is 1.38 bits per heavy atom. The summed E-state index contributed by atoms with van der Waals surface area (Å²) >= 11 is 0. The standard InChI is InChI=1S/C16H21N5/c1-10-8-12-6-4-5-7-13(12)21(9-10)16-14(15(17)18)11(2)19-20(16)3/h4-7,10H,8-9H2,1-3H3,(H3,17,18). The first-order valence-electron chi connectivity index (χ1n) is 7.22. The Bertz CT molecular complexity index is 701. The van der Waals surface area contributed by atoms with Gasteiger partial charge in [0, 0.05) is 19.3 Å². The van der Waals surface area contributed by atoms with E-state index in [-0.39, 0.29) is 5.84 Å². The highest BCUT2D eigenvalue weighted by Crippen LogP contribution is 2.37. The molecular weight excluding hydrogens is 262 g/mol. The van der Waals surface area contributed by atoms with Crippen LogP contribution < -0.4 is 10.6 Å². The molecule has 1 unspecified atom stereocenters. The van der Waals surface area contributed by atoms with Crippen molar-refractivity contribution in [2.45, 2.75) is 20.3 Å². The number of aromatic nitrogens is 2. The Labute approximate surface area is 124 Å².